The van der Waals surface area contributed by atoms with Crippen molar-refractivity contribution in [3.05, 3.63) is 76.8 Å². The maximum Gasteiger partial charge on any atom is 0.255 e. The summed E-state index contributed by atoms with van der Waals surface area (Å²) < 4.78 is 5.30. The number of hydrogen-bond acceptors (Lipinski definition) is 7. The van der Waals surface area contributed by atoms with Gasteiger partial charge >= 0.3 is 0 Å². The van der Waals surface area contributed by atoms with Gasteiger partial charge in [0.05, 0.1) is 23.4 Å². The van der Waals surface area contributed by atoms with Crippen LogP contribution in [0.5, 0.6) is 5.75 Å². The Morgan fingerprint density at radius 1 is 1.13 bits per heavy atom. The van der Waals surface area contributed by atoms with Crippen molar-refractivity contribution >= 4 is 23.2 Å². The second-order valence-electron chi connectivity index (χ2n) is 9.48. The number of aromatic nitrogens is 4. The Kier molecular flexibility index (Phi) is 7.86. The minimum atomic E-state index is -0.202. The Bertz CT molecular complexity index is 1390. The summed E-state index contributed by atoms with van der Waals surface area (Å²) in [6, 6.07) is 19.9. The number of amides is 1. The first-order valence-corrected chi connectivity index (χ1v) is 13.0. The second-order valence-corrected chi connectivity index (χ2v) is 9.89. The fourth-order valence-corrected chi connectivity index (χ4v) is 5.01. The fourth-order valence-electron chi connectivity index (χ4n) is 4.85. The fraction of sp³-hybridized carbons (Fsp3) is 0.286. The number of nitrogens with two attached hydrogens (primary N) is 1. The first-order valence-electron chi connectivity index (χ1n) is 12.6. The number of aromatic amines is 1. The predicted molar refractivity (Wildman–Crippen MR) is 148 cm³/mol. The molecule has 1 fully saturated rings. The average molecular weight is 532 g/mol. The molecule has 9 nitrogen and oxygen atoms in total. The third-order valence-electron chi connectivity index (χ3n) is 7.01. The van der Waals surface area contributed by atoms with Crippen LogP contribution < -0.4 is 15.8 Å². The van der Waals surface area contributed by atoms with Gasteiger partial charge in [-0.1, -0.05) is 60.1 Å². The Balaban J connectivity index is 1.13. The molecule has 10 heteroatoms. The van der Waals surface area contributed by atoms with Crippen LogP contribution in [-0.4, -0.2) is 58.2 Å². The highest BCUT2D eigenvalue weighted by Crippen LogP contribution is 2.31. The number of rotatable bonds is 8. The Labute approximate surface area is 226 Å². The van der Waals surface area contributed by atoms with Crippen LogP contribution >= 0.6 is 11.6 Å². The largest absolute Gasteiger partial charge is 0.496 e. The van der Waals surface area contributed by atoms with Crippen LogP contribution in [0.2, 0.25) is 5.02 Å². The van der Waals surface area contributed by atoms with E-state index in [2.05, 4.69) is 61.2 Å². The van der Waals surface area contributed by atoms with Gasteiger partial charge in [-0.15, -0.1) is 10.2 Å². The minimum absolute atomic E-state index is 0.202. The third kappa shape index (κ3) is 5.79. The molecule has 1 amide bonds. The summed E-state index contributed by atoms with van der Waals surface area (Å²) in [4.78, 5) is 15.2. The molecule has 3 aromatic carbocycles. The molecule has 38 heavy (non-hydrogen) atoms. The number of piperidine rings is 1. The number of carbonyl (C=O) groups excluding carboxylic acids is 1. The van der Waals surface area contributed by atoms with E-state index in [4.69, 9.17) is 22.1 Å². The second kappa shape index (κ2) is 11.6. The maximum atomic E-state index is 12.7. The normalized spacial score (nSPS) is 14.4. The molecule has 0 unspecified atom stereocenters. The SMILES string of the molecule is COc1cc(N)c(Cl)cc1C(=O)NCC1CCN(Cc2ccc(-c3ccccc3-c3nn[nH]n3)cc2)CC1. The van der Waals surface area contributed by atoms with Crippen molar-refractivity contribution in [2.45, 2.75) is 19.4 Å². The van der Waals surface area contributed by atoms with Crippen molar-refractivity contribution in [2.24, 2.45) is 5.92 Å². The van der Waals surface area contributed by atoms with Crippen molar-refractivity contribution in [2.75, 3.05) is 32.5 Å². The number of carbonyl (C=O) groups is 1. The number of hydrogen-bond donors (Lipinski definition) is 3. The van der Waals surface area contributed by atoms with Gasteiger partial charge in [0.25, 0.3) is 5.91 Å². The molecule has 1 aliphatic rings. The van der Waals surface area contributed by atoms with E-state index in [1.165, 1.54) is 12.7 Å². The standard InChI is InChI=1S/C28H30ClN7O2/c1-38-26-15-25(30)24(29)14-23(26)28(37)31-16-18-10-12-36(13-11-18)17-19-6-8-20(9-7-19)21-4-2-3-5-22(21)27-32-34-35-33-27/h2-9,14-15,18H,10-13,16-17,30H2,1H3,(H,31,37)(H,32,33,34,35). The van der Waals surface area contributed by atoms with Crippen LogP contribution in [0.1, 0.15) is 28.8 Å². The van der Waals surface area contributed by atoms with Gasteiger partial charge in [-0.05, 0) is 59.8 Å². The summed E-state index contributed by atoms with van der Waals surface area (Å²) in [5.41, 5.74) is 11.0. The van der Waals surface area contributed by atoms with E-state index in [9.17, 15) is 4.79 Å². The average Bonchev–Trinajstić information content (AvgIpc) is 3.49. The van der Waals surface area contributed by atoms with Gasteiger partial charge in [0.2, 0.25) is 5.82 Å². The lowest BCUT2D eigenvalue weighted by atomic mass is 9.95. The van der Waals surface area contributed by atoms with E-state index in [1.807, 2.05) is 18.2 Å². The van der Waals surface area contributed by atoms with Crippen molar-refractivity contribution in [1.29, 1.82) is 0 Å². The molecule has 4 N–H and O–H groups in total. The van der Waals surface area contributed by atoms with E-state index in [-0.39, 0.29) is 5.91 Å². The van der Waals surface area contributed by atoms with Gasteiger partial charge in [0.1, 0.15) is 5.75 Å². The van der Waals surface area contributed by atoms with Crippen LogP contribution in [0, 0.1) is 5.92 Å². The molecule has 0 saturated carbocycles. The number of nitrogens with zero attached hydrogens (tertiary/aromatic N) is 4. The quantitative estimate of drug-likeness (QED) is 0.288. The van der Waals surface area contributed by atoms with Crippen molar-refractivity contribution < 1.29 is 9.53 Å². The molecule has 0 bridgehead atoms. The lowest BCUT2D eigenvalue weighted by Gasteiger charge is -2.32. The van der Waals surface area contributed by atoms with Crippen molar-refractivity contribution in [1.82, 2.24) is 30.8 Å². The zero-order valence-electron chi connectivity index (χ0n) is 21.2. The molecule has 0 radical (unpaired) electrons. The molecular weight excluding hydrogens is 502 g/mol. The van der Waals surface area contributed by atoms with E-state index >= 15 is 0 Å². The lowest BCUT2D eigenvalue weighted by molar-refractivity contribution is 0.0932. The smallest absolute Gasteiger partial charge is 0.255 e. The van der Waals surface area contributed by atoms with E-state index in [0.717, 1.165) is 49.2 Å². The number of benzene rings is 3. The highest BCUT2D eigenvalue weighted by atomic mass is 35.5. The topological polar surface area (TPSA) is 122 Å². The number of nitrogen functional groups attached to an aromatic ring is 1. The van der Waals surface area contributed by atoms with Crippen molar-refractivity contribution in [3.63, 3.8) is 0 Å². The van der Waals surface area contributed by atoms with Gasteiger partial charge in [-0.3, -0.25) is 9.69 Å². The molecule has 0 aliphatic carbocycles. The highest BCUT2D eigenvalue weighted by Gasteiger charge is 2.21. The summed E-state index contributed by atoms with van der Waals surface area (Å²) >= 11 is 6.11. The van der Waals surface area contributed by atoms with Crippen LogP contribution in [-0.2, 0) is 6.54 Å². The van der Waals surface area contributed by atoms with E-state index in [1.54, 1.807) is 12.1 Å². The number of methoxy groups -OCH3 is 1. The zero-order valence-corrected chi connectivity index (χ0v) is 21.9. The summed E-state index contributed by atoms with van der Waals surface area (Å²) in [5, 5.41) is 17.9. The Hall–Kier alpha value is -3.95. The maximum absolute atomic E-state index is 12.7. The lowest BCUT2D eigenvalue weighted by Crippen LogP contribution is -2.38. The van der Waals surface area contributed by atoms with Crippen LogP contribution in [0.25, 0.3) is 22.5 Å². The molecule has 1 aliphatic heterocycles. The van der Waals surface area contributed by atoms with Gasteiger partial charge in [-0.2, -0.15) is 5.21 Å². The third-order valence-corrected chi connectivity index (χ3v) is 7.33. The number of likely N-dealkylation sites (tertiary alicyclic amines) is 1. The van der Waals surface area contributed by atoms with Gasteiger partial charge in [-0.25, -0.2) is 0 Å². The number of tetrazole rings is 1. The molecule has 5 rings (SSSR count). The first kappa shape index (κ1) is 25.7. The summed E-state index contributed by atoms with van der Waals surface area (Å²) in [5.74, 6) is 1.23. The molecule has 0 atom stereocenters. The molecule has 1 aromatic heterocycles. The summed E-state index contributed by atoms with van der Waals surface area (Å²) in [6.45, 7) is 3.49. The molecule has 2 heterocycles. The van der Waals surface area contributed by atoms with Crippen LogP contribution in [0.4, 0.5) is 5.69 Å². The number of nitrogens with one attached hydrogen (secondary N) is 2. The van der Waals surface area contributed by atoms with E-state index < -0.39 is 0 Å². The number of halogens is 1. The van der Waals surface area contributed by atoms with Crippen LogP contribution in [0.15, 0.2) is 60.7 Å². The Morgan fingerprint density at radius 2 is 1.87 bits per heavy atom. The molecular formula is C28H30ClN7O2. The summed E-state index contributed by atoms with van der Waals surface area (Å²) in [7, 11) is 1.51. The Morgan fingerprint density at radius 3 is 2.55 bits per heavy atom. The number of anilines is 1. The van der Waals surface area contributed by atoms with Crippen molar-refractivity contribution in [3.8, 4) is 28.3 Å². The predicted octanol–water partition coefficient (Wildman–Crippen LogP) is 4.42. The van der Waals surface area contributed by atoms with Gasteiger partial charge in [0.15, 0.2) is 0 Å². The summed E-state index contributed by atoms with van der Waals surface area (Å²) in [6.07, 6.45) is 2.05. The number of ether oxygens (including phenoxy) is 1. The molecule has 196 valence electrons. The van der Waals surface area contributed by atoms with Gasteiger partial charge in [0, 0.05) is 24.7 Å². The zero-order chi connectivity index (χ0) is 26.5. The van der Waals surface area contributed by atoms with Gasteiger partial charge < -0.3 is 15.8 Å². The van der Waals surface area contributed by atoms with Crippen LogP contribution in [0.3, 0.4) is 0 Å². The molecule has 0 spiro atoms. The number of H-pyrrole nitrogens is 1. The minimum Gasteiger partial charge on any atom is -0.496 e. The molecule has 4 aromatic rings. The monoisotopic (exact) mass is 531 g/mol. The highest BCUT2D eigenvalue weighted by molar-refractivity contribution is 6.33. The first-order chi connectivity index (χ1) is 18.5. The van der Waals surface area contributed by atoms with E-state index in [0.29, 0.717) is 40.3 Å². The molecule has 1 saturated heterocycles.